The Labute approximate surface area is 115 Å². The lowest BCUT2D eigenvalue weighted by atomic mass is 10.2. The molecule has 0 aromatic carbocycles. The Morgan fingerprint density at radius 1 is 1.47 bits per heavy atom. The van der Waals surface area contributed by atoms with E-state index in [0.717, 1.165) is 10.2 Å². The number of hydrogen-bond donors (Lipinski definition) is 1. The first-order chi connectivity index (χ1) is 8.02. The van der Waals surface area contributed by atoms with Gasteiger partial charge in [-0.1, -0.05) is 6.92 Å². The number of aryl methyl sites for hydroxylation is 1. The monoisotopic (exact) mass is 360 g/mol. The van der Waals surface area contributed by atoms with Crippen molar-refractivity contribution in [1.29, 1.82) is 0 Å². The Balaban J connectivity index is 2.58. The van der Waals surface area contributed by atoms with E-state index in [2.05, 4.69) is 41.8 Å². The molecular weight excluding hydrogens is 352 g/mol. The summed E-state index contributed by atoms with van der Waals surface area (Å²) in [6.45, 7) is 3.75. The fourth-order valence-corrected chi connectivity index (χ4v) is 2.18. The van der Waals surface area contributed by atoms with Crippen molar-refractivity contribution in [2.45, 2.75) is 20.3 Å². The molecule has 0 aliphatic carbocycles. The van der Waals surface area contributed by atoms with Crippen LogP contribution < -0.4 is 5.56 Å². The van der Waals surface area contributed by atoms with Crippen LogP contribution in [0.15, 0.2) is 24.4 Å². The van der Waals surface area contributed by atoms with Crippen LogP contribution >= 0.6 is 31.9 Å². The molecule has 0 spiro atoms. The van der Waals surface area contributed by atoms with Crippen LogP contribution in [0.25, 0.3) is 11.6 Å². The molecule has 0 unspecified atom stereocenters. The van der Waals surface area contributed by atoms with E-state index in [4.69, 9.17) is 4.42 Å². The van der Waals surface area contributed by atoms with Crippen LogP contribution in [0.1, 0.15) is 18.2 Å². The maximum Gasteiger partial charge on any atom is 0.254 e. The molecule has 1 N–H and O–H groups in total. The molecule has 0 radical (unpaired) electrons. The predicted octanol–water partition coefficient (Wildman–Crippen LogP) is 3.43. The van der Waals surface area contributed by atoms with Gasteiger partial charge in [0.25, 0.3) is 5.56 Å². The van der Waals surface area contributed by atoms with Crippen molar-refractivity contribution in [1.82, 2.24) is 9.97 Å². The van der Waals surface area contributed by atoms with Crippen LogP contribution in [0.3, 0.4) is 0 Å². The Hall–Kier alpha value is -0.880. The zero-order valence-corrected chi connectivity index (χ0v) is 12.5. The summed E-state index contributed by atoms with van der Waals surface area (Å²) in [5.41, 5.74) is 1.33. The van der Waals surface area contributed by atoms with E-state index in [-0.39, 0.29) is 5.56 Å². The molecule has 0 saturated carbocycles. The van der Waals surface area contributed by atoms with Gasteiger partial charge in [0.15, 0.2) is 16.3 Å². The molecule has 0 amide bonds. The molecule has 2 aromatic rings. The summed E-state index contributed by atoms with van der Waals surface area (Å²) in [4.78, 5) is 18.9. The SMILES string of the molecule is CCc1c(C)nc(-c2cc(Br)c(Br)o2)[nH]c1=O. The van der Waals surface area contributed by atoms with Gasteiger partial charge in [-0.25, -0.2) is 4.98 Å². The second-order valence-electron chi connectivity index (χ2n) is 3.56. The molecule has 0 aliphatic heterocycles. The number of aromatic amines is 1. The quantitative estimate of drug-likeness (QED) is 0.891. The van der Waals surface area contributed by atoms with Crippen LogP contribution in [0.4, 0.5) is 0 Å². The van der Waals surface area contributed by atoms with Gasteiger partial charge < -0.3 is 9.40 Å². The second kappa shape index (κ2) is 4.78. The third-order valence-corrected chi connectivity index (χ3v) is 4.16. The minimum Gasteiger partial charge on any atom is -0.445 e. The van der Waals surface area contributed by atoms with Crippen molar-refractivity contribution in [2.24, 2.45) is 0 Å². The first kappa shape index (κ1) is 12.6. The molecule has 0 aliphatic rings. The number of rotatable bonds is 2. The molecule has 4 nitrogen and oxygen atoms in total. The van der Waals surface area contributed by atoms with E-state index < -0.39 is 0 Å². The van der Waals surface area contributed by atoms with E-state index in [0.29, 0.717) is 28.2 Å². The number of furan rings is 1. The highest BCUT2D eigenvalue weighted by molar-refractivity contribution is 9.13. The third-order valence-electron chi connectivity index (χ3n) is 2.45. The van der Waals surface area contributed by atoms with Gasteiger partial charge in [-0.2, -0.15) is 0 Å². The highest BCUT2D eigenvalue weighted by Crippen LogP contribution is 2.30. The van der Waals surface area contributed by atoms with Crippen LogP contribution in [0.5, 0.6) is 0 Å². The molecular formula is C11H10Br2N2O2. The van der Waals surface area contributed by atoms with Gasteiger partial charge >= 0.3 is 0 Å². The summed E-state index contributed by atoms with van der Waals surface area (Å²) in [5, 5.41) is 0. The average Bonchev–Trinajstić information content (AvgIpc) is 2.59. The lowest BCUT2D eigenvalue weighted by Gasteiger charge is -2.02. The lowest BCUT2D eigenvalue weighted by Crippen LogP contribution is -2.16. The van der Waals surface area contributed by atoms with E-state index in [9.17, 15) is 4.79 Å². The van der Waals surface area contributed by atoms with Gasteiger partial charge in [0, 0.05) is 17.3 Å². The van der Waals surface area contributed by atoms with Crippen molar-refractivity contribution in [3.63, 3.8) is 0 Å². The van der Waals surface area contributed by atoms with E-state index >= 15 is 0 Å². The largest absolute Gasteiger partial charge is 0.445 e. The summed E-state index contributed by atoms with van der Waals surface area (Å²) in [5.74, 6) is 0.961. The first-order valence-corrected chi connectivity index (χ1v) is 6.66. The van der Waals surface area contributed by atoms with E-state index in [1.807, 2.05) is 13.8 Å². The summed E-state index contributed by atoms with van der Waals surface area (Å²) < 4.78 is 6.78. The van der Waals surface area contributed by atoms with E-state index in [1.165, 1.54) is 0 Å². The van der Waals surface area contributed by atoms with Crippen LogP contribution in [-0.4, -0.2) is 9.97 Å². The number of nitrogens with one attached hydrogen (secondary N) is 1. The molecule has 90 valence electrons. The Bertz CT molecular complexity index is 597. The number of halogens is 2. The number of H-pyrrole nitrogens is 1. The highest BCUT2D eigenvalue weighted by Gasteiger charge is 2.13. The van der Waals surface area contributed by atoms with Crippen molar-refractivity contribution < 1.29 is 4.42 Å². The summed E-state index contributed by atoms with van der Waals surface area (Å²) in [6, 6.07) is 1.76. The molecule has 0 saturated heterocycles. The van der Waals surface area contributed by atoms with Crippen LogP contribution in [0, 0.1) is 6.92 Å². The minimum absolute atomic E-state index is 0.112. The molecule has 2 heterocycles. The fourth-order valence-electron chi connectivity index (χ4n) is 1.61. The molecule has 0 bridgehead atoms. The molecule has 2 aromatic heterocycles. The Morgan fingerprint density at radius 3 is 2.65 bits per heavy atom. The van der Waals surface area contributed by atoms with Gasteiger partial charge in [-0.3, -0.25) is 4.79 Å². The predicted molar refractivity (Wildman–Crippen MR) is 72.1 cm³/mol. The lowest BCUT2D eigenvalue weighted by molar-refractivity contribution is 0.548. The normalized spacial score (nSPS) is 10.8. The van der Waals surface area contributed by atoms with Gasteiger partial charge in [0.1, 0.15) is 0 Å². The summed E-state index contributed by atoms with van der Waals surface area (Å²) in [7, 11) is 0. The highest BCUT2D eigenvalue weighted by atomic mass is 79.9. The van der Waals surface area contributed by atoms with Crippen molar-refractivity contribution in [3.05, 3.63) is 36.8 Å². The zero-order chi connectivity index (χ0) is 12.6. The molecule has 0 atom stereocenters. The first-order valence-electron chi connectivity index (χ1n) is 5.08. The molecule has 2 rings (SSSR count). The van der Waals surface area contributed by atoms with Crippen molar-refractivity contribution >= 4 is 31.9 Å². The van der Waals surface area contributed by atoms with Crippen molar-refractivity contribution in [2.75, 3.05) is 0 Å². The summed E-state index contributed by atoms with van der Waals surface area (Å²) in [6.07, 6.45) is 0.667. The van der Waals surface area contributed by atoms with Gasteiger partial charge in [-0.15, -0.1) is 0 Å². The van der Waals surface area contributed by atoms with Gasteiger partial charge in [0.2, 0.25) is 0 Å². The average molecular weight is 362 g/mol. The Morgan fingerprint density at radius 2 is 2.18 bits per heavy atom. The van der Waals surface area contributed by atoms with Crippen LogP contribution in [0.2, 0.25) is 0 Å². The molecule has 17 heavy (non-hydrogen) atoms. The van der Waals surface area contributed by atoms with Gasteiger partial charge in [-0.05, 0) is 45.2 Å². The number of aromatic nitrogens is 2. The minimum atomic E-state index is -0.112. The van der Waals surface area contributed by atoms with E-state index in [1.54, 1.807) is 6.07 Å². The number of nitrogens with zero attached hydrogens (tertiary/aromatic N) is 1. The molecule has 0 fully saturated rings. The second-order valence-corrected chi connectivity index (χ2v) is 5.14. The third kappa shape index (κ3) is 2.37. The molecule has 6 heteroatoms. The topological polar surface area (TPSA) is 58.9 Å². The maximum atomic E-state index is 11.8. The van der Waals surface area contributed by atoms with Crippen molar-refractivity contribution in [3.8, 4) is 11.6 Å². The van der Waals surface area contributed by atoms with Crippen LogP contribution in [-0.2, 0) is 6.42 Å². The summed E-state index contributed by atoms with van der Waals surface area (Å²) >= 11 is 6.56. The maximum absolute atomic E-state index is 11.8. The smallest absolute Gasteiger partial charge is 0.254 e. The standard InChI is InChI=1S/C11H10Br2N2O2/c1-3-6-5(2)14-10(15-11(6)16)8-4-7(12)9(13)17-8/h4H,3H2,1-2H3,(H,14,15,16). The fraction of sp³-hybridized carbons (Fsp3) is 0.273. The number of hydrogen-bond acceptors (Lipinski definition) is 3. The Kier molecular flexibility index (Phi) is 3.53. The van der Waals surface area contributed by atoms with Gasteiger partial charge in [0.05, 0.1) is 4.47 Å². The zero-order valence-electron chi connectivity index (χ0n) is 9.30.